The second-order valence-corrected chi connectivity index (χ2v) is 7.10. The quantitative estimate of drug-likeness (QED) is 0.839. The molecule has 0 aliphatic heterocycles. The van der Waals surface area contributed by atoms with Crippen molar-refractivity contribution < 1.29 is 4.79 Å². The highest BCUT2D eigenvalue weighted by atomic mass is 35.5. The van der Waals surface area contributed by atoms with Crippen molar-refractivity contribution in [1.82, 2.24) is 5.32 Å². The van der Waals surface area contributed by atoms with Crippen LogP contribution in [-0.2, 0) is 4.79 Å². The lowest BCUT2D eigenvalue weighted by Crippen LogP contribution is -2.43. The number of thioether (sulfide) groups is 1. The van der Waals surface area contributed by atoms with Gasteiger partial charge in [-0.05, 0) is 44.7 Å². The zero-order valence-corrected chi connectivity index (χ0v) is 13.2. The van der Waals surface area contributed by atoms with Crippen LogP contribution in [0.3, 0.4) is 0 Å². The average molecular weight is 313 g/mol. The Hall–Kier alpha value is -0.710. The Morgan fingerprint density at radius 3 is 2.65 bits per heavy atom. The fourth-order valence-corrected chi connectivity index (χ4v) is 3.53. The Balaban J connectivity index is 1.84. The van der Waals surface area contributed by atoms with E-state index in [0.717, 1.165) is 30.6 Å². The Labute approximate surface area is 129 Å². The summed E-state index contributed by atoms with van der Waals surface area (Å²) in [4.78, 5) is 13.1. The number of amides is 1. The molecule has 0 bridgehead atoms. The summed E-state index contributed by atoms with van der Waals surface area (Å²) in [6, 6.07) is 8.19. The van der Waals surface area contributed by atoms with E-state index in [0.29, 0.717) is 11.1 Å². The maximum atomic E-state index is 12.2. The molecule has 110 valence electrons. The van der Waals surface area contributed by atoms with Crippen molar-refractivity contribution in [2.24, 2.45) is 5.73 Å². The van der Waals surface area contributed by atoms with E-state index in [1.807, 2.05) is 31.2 Å². The molecule has 1 atom stereocenters. The predicted molar refractivity (Wildman–Crippen MR) is 85.1 cm³/mol. The molecule has 0 spiro atoms. The molecular weight excluding hydrogens is 292 g/mol. The van der Waals surface area contributed by atoms with Crippen molar-refractivity contribution in [3.05, 3.63) is 29.3 Å². The van der Waals surface area contributed by atoms with Crippen LogP contribution in [0.15, 0.2) is 29.2 Å². The minimum Gasteiger partial charge on any atom is -0.352 e. The first-order valence-corrected chi connectivity index (χ1v) is 8.29. The van der Waals surface area contributed by atoms with Gasteiger partial charge in [-0.3, -0.25) is 4.79 Å². The average Bonchev–Trinajstić information content (AvgIpc) is 2.44. The summed E-state index contributed by atoms with van der Waals surface area (Å²) in [5, 5.41) is 3.67. The third-order valence-corrected chi connectivity index (χ3v) is 5.25. The molecule has 0 radical (unpaired) electrons. The first-order chi connectivity index (χ1) is 9.56. The lowest BCUT2D eigenvalue weighted by molar-refractivity contribution is -0.121. The molecule has 0 aromatic heterocycles. The lowest BCUT2D eigenvalue weighted by atomic mass is 9.92. The van der Waals surface area contributed by atoms with Gasteiger partial charge in [-0.15, -0.1) is 11.8 Å². The van der Waals surface area contributed by atoms with Gasteiger partial charge in [0.15, 0.2) is 0 Å². The Morgan fingerprint density at radius 1 is 1.35 bits per heavy atom. The molecular formula is C15H21ClN2OS. The molecule has 1 aromatic rings. The number of halogens is 1. The van der Waals surface area contributed by atoms with E-state index in [4.69, 9.17) is 17.3 Å². The summed E-state index contributed by atoms with van der Waals surface area (Å²) in [6.45, 7) is 1.91. The van der Waals surface area contributed by atoms with E-state index in [1.54, 1.807) is 0 Å². The Morgan fingerprint density at radius 2 is 2.00 bits per heavy atom. The van der Waals surface area contributed by atoms with Gasteiger partial charge in [-0.2, -0.15) is 0 Å². The summed E-state index contributed by atoms with van der Waals surface area (Å²) in [7, 11) is 0. The van der Waals surface area contributed by atoms with Gasteiger partial charge in [0.1, 0.15) is 0 Å². The summed E-state index contributed by atoms with van der Waals surface area (Å²) < 4.78 is 0. The van der Waals surface area contributed by atoms with Crippen molar-refractivity contribution in [2.45, 2.75) is 54.8 Å². The van der Waals surface area contributed by atoms with E-state index in [1.165, 1.54) is 11.8 Å². The molecule has 2 rings (SSSR count). The van der Waals surface area contributed by atoms with Crippen molar-refractivity contribution >= 4 is 29.3 Å². The van der Waals surface area contributed by atoms with Gasteiger partial charge >= 0.3 is 0 Å². The van der Waals surface area contributed by atoms with Crippen LogP contribution in [0.4, 0.5) is 0 Å². The summed E-state index contributed by atoms with van der Waals surface area (Å²) in [6.07, 6.45) is 3.96. The Kier molecular flexibility index (Phi) is 5.75. The SMILES string of the molecule is CC(Sc1ccccc1Cl)C(=O)NC1CCC(N)CC1. The van der Waals surface area contributed by atoms with Crippen LogP contribution < -0.4 is 11.1 Å². The van der Waals surface area contributed by atoms with Crippen LogP contribution in [0.1, 0.15) is 32.6 Å². The van der Waals surface area contributed by atoms with Crippen molar-refractivity contribution in [3.8, 4) is 0 Å². The zero-order chi connectivity index (χ0) is 14.5. The monoisotopic (exact) mass is 312 g/mol. The minimum atomic E-state index is -0.148. The highest BCUT2D eigenvalue weighted by Gasteiger charge is 2.23. The minimum absolute atomic E-state index is 0.0791. The van der Waals surface area contributed by atoms with E-state index < -0.39 is 0 Å². The molecule has 0 heterocycles. The van der Waals surface area contributed by atoms with Gasteiger partial charge in [0.2, 0.25) is 5.91 Å². The topological polar surface area (TPSA) is 55.1 Å². The van der Waals surface area contributed by atoms with Gasteiger partial charge in [0, 0.05) is 17.0 Å². The number of nitrogens with two attached hydrogens (primary N) is 1. The second kappa shape index (κ2) is 7.34. The molecule has 1 amide bonds. The fraction of sp³-hybridized carbons (Fsp3) is 0.533. The normalized spacial score (nSPS) is 24.1. The third kappa shape index (κ3) is 4.40. The number of carbonyl (C=O) groups excluding carboxylic acids is 1. The molecule has 1 aliphatic carbocycles. The maximum absolute atomic E-state index is 12.2. The first kappa shape index (κ1) is 15.7. The van der Waals surface area contributed by atoms with Crippen LogP contribution in [0.25, 0.3) is 0 Å². The highest BCUT2D eigenvalue weighted by molar-refractivity contribution is 8.00. The van der Waals surface area contributed by atoms with Crippen LogP contribution >= 0.6 is 23.4 Å². The number of hydrogen-bond acceptors (Lipinski definition) is 3. The molecule has 1 fully saturated rings. The van der Waals surface area contributed by atoms with Crippen LogP contribution in [0.5, 0.6) is 0 Å². The van der Waals surface area contributed by atoms with E-state index in [2.05, 4.69) is 5.32 Å². The second-order valence-electron chi connectivity index (χ2n) is 5.31. The van der Waals surface area contributed by atoms with Gasteiger partial charge in [-0.25, -0.2) is 0 Å². The molecule has 1 saturated carbocycles. The molecule has 1 unspecified atom stereocenters. The van der Waals surface area contributed by atoms with E-state index in [-0.39, 0.29) is 17.2 Å². The summed E-state index contributed by atoms with van der Waals surface area (Å²) in [5.41, 5.74) is 5.87. The standard InChI is InChI=1S/C15H21ClN2OS/c1-10(20-14-5-3-2-4-13(14)16)15(19)18-12-8-6-11(17)7-9-12/h2-5,10-12H,6-9,17H2,1H3,(H,18,19). The zero-order valence-electron chi connectivity index (χ0n) is 11.6. The molecule has 0 saturated heterocycles. The summed E-state index contributed by atoms with van der Waals surface area (Å²) in [5.74, 6) is 0.0791. The third-order valence-electron chi connectivity index (χ3n) is 3.63. The molecule has 3 nitrogen and oxygen atoms in total. The van der Waals surface area contributed by atoms with Gasteiger partial charge in [-0.1, -0.05) is 23.7 Å². The van der Waals surface area contributed by atoms with Crippen molar-refractivity contribution in [3.63, 3.8) is 0 Å². The number of nitrogens with one attached hydrogen (secondary N) is 1. The molecule has 1 aromatic carbocycles. The fourth-order valence-electron chi connectivity index (χ4n) is 2.37. The number of rotatable bonds is 4. The van der Waals surface area contributed by atoms with Gasteiger partial charge in [0.05, 0.1) is 10.3 Å². The van der Waals surface area contributed by atoms with Crippen molar-refractivity contribution in [1.29, 1.82) is 0 Å². The highest BCUT2D eigenvalue weighted by Crippen LogP contribution is 2.30. The van der Waals surface area contributed by atoms with E-state index >= 15 is 0 Å². The summed E-state index contributed by atoms with van der Waals surface area (Å²) >= 11 is 7.61. The van der Waals surface area contributed by atoms with Crippen molar-refractivity contribution in [2.75, 3.05) is 0 Å². The molecule has 1 aliphatic rings. The Bertz CT molecular complexity index is 461. The molecule has 20 heavy (non-hydrogen) atoms. The van der Waals surface area contributed by atoms with Gasteiger partial charge in [0.25, 0.3) is 0 Å². The van der Waals surface area contributed by atoms with Gasteiger partial charge < -0.3 is 11.1 Å². The maximum Gasteiger partial charge on any atom is 0.233 e. The molecule has 5 heteroatoms. The largest absolute Gasteiger partial charge is 0.352 e. The number of carbonyl (C=O) groups is 1. The van der Waals surface area contributed by atoms with Crippen LogP contribution in [-0.4, -0.2) is 23.2 Å². The smallest absolute Gasteiger partial charge is 0.233 e. The predicted octanol–water partition coefficient (Wildman–Crippen LogP) is 3.21. The number of benzene rings is 1. The first-order valence-electron chi connectivity index (χ1n) is 7.03. The number of hydrogen-bond donors (Lipinski definition) is 2. The van der Waals surface area contributed by atoms with E-state index in [9.17, 15) is 4.79 Å². The molecule has 3 N–H and O–H groups in total. The van der Waals surface area contributed by atoms with Crippen LogP contribution in [0, 0.1) is 0 Å². The lowest BCUT2D eigenvalue weighted by Gasteiger charge is -2.27. The van der Waals surface area contributed by atoms with Crippen LogP contribution in [0.2, 0.25) is 5.02 Å².